The summed E-state index contributed by atoms with van der Waals surface area (Å²) in [7, 11) is 0. The number of ether oxygens (including phenoxy) is 1. The summed E-state index contributed by atoms with van der Waals surface area (Å²) in [6.07, 6.45) is 0.971. The highest BCUT2D eigenvalue weighted by atomic mass is 16.6. The Hall–Kier alpha value is -1.66. The Labute approximate surface area is 131 Å². The third-order valence-electron chi connectivity index (χ3n) is 3.96. The van der Waals surface area contributed by atoms with E-state index in [0.717, 1.165) is 63.6 Å². The summed E-state index contributed by atoms with van der Waals surface area (Å²) in [6, 6.07) is 5.49. The molecule has 1 fully saturated rings. The van der Waals surface area contributed by atoms with Gasteiger partial charge in [0.15, 0.2) is 0 Å². The summed E-state index contributed by atoms with van der Waals surface area (Å²) >= 11 is 0. The van der Waals surface area contributed by atoms with Crippen molar-refractivity contribution in [3.05, 3.63) is 33.9 Å². The summed E-state index contributed by atoms with van der Waals surface area (Å²) in [5.74, 6) is 0. The first-order chi connectivity index (χ1) is 10.7. The fourth-order valence-corrected chi connectivity index (χ4v) is 2.81. The van der Waals surface area contributed by atoms with E-state index in [0.29, 0.717) is 0 Å². The van der Waals surface area contributed by atoms with Crippen LogP contribution in [0.15, 0.2) is 18.2 Å². The third kappa shape index (κ3) is 4.18. The molecule has 0 radical (unpaired) electrons. The van der Waals surface area contributed by atoms with Gasteiger partial charge in [0.1, 0.15) is 5.69 Å². The molecule has 2 rings (SSSR count). The van der Waals surface area contributed by atoms with Gasteiger partial charge >= 0.3 is 0 Å². The van der Waals surface area contributed by atoms with Crippen molar-refractivity contribution in [3.8, 4) is 0 Å². The Morgan fingerprint density at radius 3 is 2.64 bits per heavy atom. The Kier molecular flexibility index (Phi) is 6.15. The molecule has 0 N–H and O–H groups in total. The van der Waals surface area contributed by atoms with Crippen LogP contribution in [0.4, 0.5) is 11.4 Å². The minimum atomic E-state index is -0.286. The highest BCUT2D eigenvalue weighted by molar-refractivity contribution is 5.64. The summed E-state index contributed by atoms with van der Waals surface area (Å²) in [4.78, 5) is 15.4. The van der Waals surface area contributed by atoms with Crippen molar-refractivity contribution in [2.45, 2.75) is 26.8 Å². The number of nitro benzene ring substituents is 1. The minimum absolute atomic E-state index is 0.195. The molecule has 0 spiro atoms. The van der Waals surface area contributed by atoms with Crippen molar-refractivity contribution < 1.29 is 9.66 Å². The molecule has 0 saturated carbocycles. The predicted octanol–water partition coefficient (Wildman–Crippen LogP) is 2.66. The highest BCUT2D eigenvalue weighted by Crippen LogP contribution is 2.30. The molecule has 6 heteroatoms. The molecule has 1 aliphatic rings. The number of hydrogen-bond donors (Lipinski definition) is 0. The summed E-state index contributed by atoms with van der Waals surface area (Å²) < 4.78 is 5.36. The van der Waals surface area contributed by atoms with Gasteiger partial charge in [-0.25, -0.2) is 0 Å². The molecule has 1 heterocycles. The van der Waals surface area contributed by atoms with E-state index in [-0.39, 0.29) is 10.6 Å². The fraction of sp³-hybridized carbons (Fsp3) is 0.625. The van der Waals surface area contributed by atoms with Crippen LogP contribution in [0.5, 0.6) is 0 Å². The van der Waals surface area contributed by atoms with Crippen LogP contribution >= 0.6 is 0 Å². The van der Waals surface area contributed by atoms with Crippen LogP contribution in [0.2, 0.25) is 0 Å². The first-order valence-corrected chi connectivity index (χ1v) is 7.98. The van der Waals surface area contributed by atoms with Gasteiger partial charge in [0.05, 0.1) is 18.1 Å². The van der Waals surface area contributed by atoms with Crippen LogP contribution in [0.25, 0.3) is 0 Å². The first kappa shape index (κ1) is 16.7. The number of rotatable bonds is 7. The molecule has 0 bridgehead atoms. The maximum Gasteiger partial charge on any atom is 0.292 e. The van der Waals surface area contributed by atoms with E-state index >= 15 is 0 Å². The predicted molar refractivity (Wildman–Crippen MR) is 87.4 cm³/mol. The number of benzene rings is 1. The van der Waals surface area contributed by atoms with Crippen LogP contribution in [-0.4, -0.2) is 49.2 Å². The molecular formula is C16H25N3O3. The van der Waals surface area contributed by atoms with Crippen LogP contribution in [-0.2, 0) is 11.3 Å². The molecule has 0 amide bonds. The Bertz CT molecular complexity index is 501. The average molecular weight is 307 g/mol. The van der Waals surface area contributed by atoms with Gasteiger partial charge < -0.3 is 9.64 Å². The van der Waals surface area contributed by atoms with Crippen LogP contribution in [0.3, 0.4) is 0 Å². The van der Waals surface area contributed by atoms with E-state index in [1.165, 1.54) is 0 Å². The van der Waals surface area contributed by atoms with Crippen molar-refractivity contribution >= 4 is 11.4 Å². The molecule has 0 aromatic heterocycles. The molecule has 22 heavy (non-hydrogen) atoms. The number of nitrogens with zero attached hydrogens (tertiary/aromatic N) is 3. The molecule has 0 aliphatic carbocycles. The Balaban J connectivity index is 2.23. The molecule has 0 atom stereocenters. The fourth-order valence-electron chi connectivity index (χ4n) is 2.81. The average Bonchev–Trinajstić information content (AvgIpc) is 2.53. The molecule has 122 valence electrons. The number of hydrogen-bond acceptors (Lipinski definition) is 5. The largest absolute Gasteiger partial charge is 0.379 e. The number of nitro groups is 1. The van der Waals surface area contributed by atoms with E-state index in [2.05, 4.69) is 16.7 Å². The quantitative estimate of drug-likeness (QED) is 0.572. The van der Waals surface area contributed by atoms with Crippen molar-refractivity contribution in [3.63, 3.8) is 0 Å². The number of anilines is 1. The Morgan fingerprint density at radius 2 is 2.05 bits per heavy atom. The smallest absolute Gasteiger partial charge is 0.292 e. The molecular weight excluding hydrogens is 282 g/mol. The van der Waals surface area contributed by atoms with Crippen molar-refractivity contribution in [2.24, 2.45) is 0 Å². The lowest BCUT2D eigenvalue weighted by Crippen LogP contribution is -2.35. The first-order valence-electron chi connectivity index (χ1n) is 7.98. The van der Waals surface area contributed by atoms with Crippen molar-refractivity contribution in [1.82, 2.24) is 4.90 Å². The van der Waals surface area contributed by atoms with E-state index in [1.54, 1.807) is 6.07 Å². The van der Waals surface area contributed by atoms with Gasteiger partial charge in [-0.15, -0.1) is 0 Å². The summed E-state index contributed by atoms with van der Waals surface area (Å²) in [5.41, 5.74) is 2.05. The van der Waals surface area contributed by atoms with Gasteiger partial charge in [-0.1, -0.05) is 13.0 Å². The van der Waals surface area contributed by atoms with Gasteiger partial charge in [0.25, 0.3) is 5.69 Å². The second-order valence-corrected chi connectivity index (χ2v) is 5.55. The molecule has 1 aromatic rings. The van der Waals surface area contributed by atoms with Gasteiger partial charge in [0, 0.05) is 38.8 Å². The van der Waals surface area contributed by atoms with Crippen molar-refractivity contribution in [2.75, 3.05) is 44.3 Å². The van der Waals surface area contributed by atoms with E-state index in [1.807, 2.05) is 19.1 Å². The monoisotopic (exact) mass is 307 g/mol. The van der Waals surface area contributed by atoms with Gasteiger partial charge in [-0.05, 0) is 25.0 Å². The van der Waals surface area contributed by atoms with Gasteiger partial charge in [-0.3, -0.25) is 15.0 Å². The van der Waals surface area contributed by atoms with Gasteiger partial charge in [-0.2, -0.15) is 0 Å². The van der Waals surface area contributed by atoms with Crippen LogP contribution in [0, 0.1) is 10.1 Å². The maximum atomic E-state index is 11.3. The summed E-state index contributed by atoms with van der Waals surface area (Å²) in [6.45, 7) is 9.90. The van der Waals surface area contributed by atoms with E-state index < -0.39 is 0 Å². The topological polar surface area (TPSA) is 58.8 Å². The van der Waals surface area contributed by atoms with E-state index in [9.17, 15) is 10.1 Å². The van der Waals surface area contributed by atoms with Crippen molar-refractivity contribution in [1.29, 1.82) is 0 Å². The lowest BCUT2D eigenvalue weighted by Gasteiger charge is -2.27. The summed E-state index contributed by atoms with van der Waals surface area (Å²) in [5, 5.41) is 11.3. The lowest BCUT2D eigenvalue weighted by molar-refractivity contribution is -0.384. The molecule has 1 saturated heterocycles. The van der Waals surface area contributed by atoms with Crippen LogP contribution < -0.4 is 4.90 Å². The SMILES string of the molecule is CCCN(CC)c1cc(CN2CCOCC2)ccc1[N+](=O)[O-]. The minimum Gasteiger partial charge on any atom is -0.379 e. The second kappa shape index (κ2) is 8.10. The zero-order chi connectivity index (χ0) is 15.9. The molecule has 6 nitrogen and oxygen atoms in total. The maximum absolute atomic E-state index is 11.3. The second-order valence-electron chi connectivity index (χ2n) is 5.55. The molecule has 1 aromatic carbocycles. The standard InChI is InChI=1S/C16H25N3O3/c1-3-7-18(4-2)16-12-14(5-6-15(16)19(20)21)13-17-8-10-22-11-9-17/h5-6,12H,3-4,7-11,13H2,1-2H3. The van der Waals surface area contributed by atoms with E-state index in [4.69, 9.17) is 4.74 Å². The molecule has 0 unspecified atom stereocenters. The van der Waals surface area contributed by atoms with Crippen LogP contribution in [0.1, 0.15) is 25.8 Å². The zero-order valence-corrected chi connectivity index (χ0v) is 13.5. The number of morpholine rings is 1. The van der Waals surface area contributed by atoms with Gasteiger partial charge in [0.2, 0.25) is 0 Å². The normalized spacial score (nSPS) is 15.7. The molecule has 1 aliphatic heterocycles. The third-order valence-corrected chi connectivity index (χ3v) is 3.96. The highest BCUT2D eigenvalue weighted by Gasteiger charge is 2.20. The lowest BCUT2D eigenvalue weighted by atomic mass is 10.1. The zero-order valence-electron chi connectivity index (χ0n) is 13.5. The Morgan fingerprint density at radius 1 is 1.32 bits per heavy atom.